The molecule has 2 heterocycles. The van der Waals surface area contributed by atoms with E-state index in [0.717, 1.165) is 17.7 Å². The first kappa shape index (κ1) is 15.3. The van der Waals surface area contributed by atoms with Gasteiger partial charge in [-0.25, -0.2) is 9.37 Å². The number of nitrogen functional groups attached to an aromatic ring is 1. The lowest BCUT2D eigenvalue weighted by Crippen LogP contribution is -2.05. The van der Waals surface area contributed by atoms with Crippen LogP contribution in [-0.4, -0.2) is 4.98 Å². The minimum Gasteiger partial charge on any atom is -0.375 e. The molecule has 24 heavy (non-hydrogen) atoms. The van der Waals surface area contributed by atoms with Crippen LogP contribution in [0.2, 0.25) is 0 Å². The molecule has 2 N–H and O–H groups in total. The van der Waals surface area contributed by atoms with Gasteiger partial charge in [-0.15, -0.1) is 22.7 Å². The first-order valence-electron chi connectivity index (χ1n) is 7.62. The molecule has 0 fully saturated rings. The topological polar surface area (TPSA) is 38.9 Å². The van der Waals surface area contributed by atoms with Crippen LogP contribution in [0, 0.1) is 5.82 Å². The van der Waals surface area contributed by atoms with Crippen molar-refractivity contribution in [2.75, 3.05) is 5.73 Å². The molecule has 0 aliphatic carbocycles. The maximum absolute atomic E-state index is 13.2. The fourth-order valence-electron chi connectivity index (χ4n) is 2.96. The molecule has 0 bridgehead atoms. The predicted molar refractivity (Wildman–Crippen MR) is 100 cm³/mol. The van der Waals surface area contributed by atoms with Crippen LogP contribution in [0.4, 0.5) is 9.52 Å². The average Bonchev–Trinajstić information content (AvgIpc) is 3.21. The molecule has 1 atom stereocenters. The Labute approximate surface area is 147 Å². The maximum atomic E-state index is 13.2. The fourth-order valence-corrected chi connectivity index (χ4v) is 4.59. The van der Waals surface area contributed by atoms with E-state index in [4.69, 9.17) is 5.73 Å². The van der Waals surface area contributed by atoms with Gasteiger partial charge in [-0.05, 0) is 46.5 Å². The van der Waals surface area contributed by atoms with Crippen LogP contribution in [-0.2, 0) is 6.42 Å². The summed E-state index contributed by atoms with van der Waals surface area (Å²) in [5.74, 6) is -0.102. The molecule has 0 saturated carbocycles. The summed E-state index contributed by atoms with van der Waals surface area (Å²) in [5.41, 5.74) is 9.17. The van der Waals surface area contributed by atoms with Crippen molar-refractivity contribution >= 4 is 37.9 Å². The number of thiazole rings is 1. The molecule has 0 saturated heterocycles. The molecule has 0 spiro atoms. The van der Waals surface area contributed by atoms with Crippen LogP contribution in [0.1, 0.15) is 22.7 Å². The molecule has 0 aliphatic heterocycles. The Morgan fingerprint density at radius 1 is 1.00 bits per heavy atom. The van der Waals surface area contributed by atoms with Crippen LogP contribution in [0.3, 0.4) is 0 Å². The minimum atomic E-state index is -0.214. The molecular formula is C19H15FN2S2. The molecule has 0 amide bonds. The average molecular weight is 354 g/mol. The molecule has 4 aromatic rings. The van der Waals surface area contributed by atoms with Gasteiger partial charge < -0.3 is 5.73 Å². The minimum absolute atomic E-state index is 0.111. The fraction of sp³-hybridized carbons (Fsp3) is 0.105. The number of anilines is 1. The van der Waals surface area contributed by atoms with Gasteiger partial charge in [0.15, 0.2) is 5.13 Å². The van der Waals surface area contributed by atoms with Crippen LogP contribution in [0.5, 0.6) is 0 Å². The second-order valence-electron chi connectivity index (χ2n) is 5.68. The predicted octanol–water partition coefficient (Wildman–Crippen LogP) is 5.45. The number of thiophene rings is 1. The Hall–Kier alpha value is -2.24. The highest BCUT2D eigenvalue weighted by atomic mass is 32.1. The molecule has 2 aromatic heterocycles. The number of fused-ring (bicyclic) bond motifs is 1. The summed E-state index contributed by atoms with van der Waals surface area (Å²) < 4.78 is 14.5. The Bertz CT molecular complexity index is 972. The van der Waals surface area contributed by atoms with Gasteiger partial charge in [0.25, 0.3) is 0 Å². The van der Waals surface area contributed by atoms with Crippen LogP contribution in [0.25, 0.3) is 10.1 Å². The molecule has 120 valence electrons. The Morgan fingerprint density at radius 3 is 2.54 bits per heavy atom. The lowest BCUT2D eigenvalue weighted by Gasteiger charge is -2.15. The molecule has 2 aromatic carbocycles. The van der Waals surface area contributed by atoms with Crippen LogP contribution >= 0.6 is 22.7 Å². The highest BCUT2D eigenvalue weighted by molar-refractivity contribution is 7.17. The zero-order valence-corrected chi connectivity index (χ0v) is 14.4. The van der Waals surface area contributed by atoms with E-state index < -0.39 is 0 Å². The Balaban J connectivity index is 1.79. The molecule has 4 rings (SSSR count). The van der Waals surface area contributed by atoms with Crippen molar-refractivity contribution < 1.29 is 4.39 Å². The number of rotatable bonds is 4. The molecule has 0 radical (unpaired) electrons. The molecule has 5 heteroatoms. The Morgan fingerprint density at radius 2 is 1.79 bits per heavy atom. The molecule has 0 aliphatic rings. The van der Waals surface area contributed by atoms with E-state index in [1.807, 2.05) is 17.5 Å². The van der Waals surface area contributed by atoms with Gasteiger partial charge in [0.05, 0.1) is 5.69 Å². The normalized spacial score (nSPS) is 12.5. The lowest BCUT2D eigenvalue weighted by atomic mass is 9.89. The number of hydrogen-bond donors (Lipinski definition) is 1. The van der Waals surface area contributed by atoms with Crippen molar-refractivity contribution in [2.45, 2.75) is 12.3 Å². The highest BCUT2D eigenvalue weighted by Gasteiger charge is 2.21. The van der Waals surface area contributed by atoms with Gasteiger partial charge in [0, 0.05) is 16.0 Å². The van der Waals surface area contributed by atoms with Gasteiger partial charge in [-0.2, -0.15) is 0 Å². The molecular weight excluding hydrogens is 339 g/mol. The van der Waals surface area contributed by atoms with Gasteiger partial charge in [0.1, 0.15) is 5.82 Å². The number of aromatic nitrogens is 1. The van der Waals surface area contributed by atoms with E-state index in [1.54, 1.807) is 11.3 Å². The molecule has 2 nitrogen and oxygen atoms in total. The summed E-state index contributed by atoms with van der Waals surface area (Å²) >= 11 is 3.20. The van der Waals surface area contributed by atoms with Gasteiger partial charge in [-0.3, -0.25) is 0 Å². The second-order valence-corrected chi connectivity index (χ2v) is 7.48. The third-order valence-electron chi connectivity index (χ3n) is 4.14. The van der Waals surface area contributed by atoms with Crippen molar-refractivity contribution in [2.24, 2.45) is 0 Å². The summed E-state index contributed by atoms with van der Waals surface area (Å²) in [6, 6.07) is 15.1. The third-order valence-corrected chi connectivity index (χ3v) is 5.81. The van der Waals surface area contributed by atoms with E-state index in [1.165, 1.54) is 39.1 Å². The van der Waals surface area contributed by atoms with Crippen molar-refractivity contribution in [1.82, 2.24) is 4.98 Å². The number of nitrogens with zero attached hydrogens (tertiary/aromatic N) is 1. The van der Waals surface area contributed by atoms with Crippen molar-refractivity contribution in [1.29, 1.82) is 0 Å². The SMILES string of the molecule is Nc1nc(C(Cc2ccc(F)cc2)c2csc3ccccc23)cs1. The first-order valence-corrected chi connectivity index (χ1v) is 9.38. The number of hydrogen-bond acceptors (Lipinski definition) is 4. The number of benzene rings is 2. The quantitative estimate of drug-likeness (QED) is 0.529. The Kier molecular flexibility index (Phi) is 4.04. The molecule has 1 unspecified atom stereocenters. The summed E-state index contributed by atoms with van der Waals surface area (Å²) in [4.78, 5) is 4.51. The zero-order valence-electron chi connectivity index (χ0n) is 12.8. The van der Waals surface area contributed by atoms with E-state index in [9.17, 15) is 4.39 Å². The smallest absolute Gasteiger partial charge is 0.180 e. The summed E-state index contributed by atoms with van der Waals surface area (Å²) in [5, 5.41) is 6.06. The van der Waals surface area contributed by atoms with Crippen molar-refractivity contribution in [3.63, 3.8) is 0 Å². The summed E-state index contributed by atoms with van der Waals surface area (Å²) in [6.07, 6.45) is 0.768. The number of halogens is 1. The first-order chi connectivity index (χ1) is 11.7. The summed E-state index contributed by atoms with van der Waals surface area (Å²) in [6.45, 7) is 0. The highest BCUT2D eigenvalue weighted by Crippen LogP contribution is 2.37. The number of nitrogens with two attached hydrogens (primary N) is 1. The van der Waals surface area contributed by atoms with E-state index in [-0.39, 0.29) is 11.7 Å². The van der Waals surface area contributed by atoms with Gasteiger partial charge in [0.2, 0.25) is 0 Å². The van der Waals surface area contributed by atoms with Gasteiger partial charge >= 0.3 is 0 Å². The van der Waals surface area contributed by atoms with Crippen molar-refractivity contribution in [3.8, 4) is 0 Å². The van der Waals surface area contributed by atoms with E-state index in [0.29, 0.717) is 5.13 Å². The van der Waals surface area contributed by atoms with E-state index in [2.05, 4.69) is 34.6 Å². The summed E-state index contributed by atoms with van der Waals surface area (Å²) in [7, 11) is 0. The van der Waals surface area contributed by atoms with Crippen molar-refractivity contribution in [3.05, 3.63) is 81.9 Å². The maximum Gasteiger partial charge on any atom is 0.180 e. The standard InChI is InChI=1S/C19H15FN2S2/c20-13-7-5-12(6-8-13)9-15(17-11-24-19(21)22-17)16-10-23-18-4-2-1-3-14(16)18/h1-8,10-11,15H,9H2,(H2,21,22). The largest absolute Gasteiger partial charge is 0.375 e. The lowest BCUT2D eigenvalue weighted by molar-refractivity contribution is 0.626. The monoisotopic (exact) mass is 354 g/mol. The third kappa shape index (κ3) is 2.92. The van der Waals surface area contributed by atoms with E-state index >= 15 is 0 Å². The second kappa shape index (κ2) is 6.34. The van der Waals surface area contributed by atoms with Gasteiger partial charge in [-0.1, -0.05) is 30.3 Å². The van der Waals surface area contributed by atoms with Crippen LogP contribution in [0.15, 0.2) is 59.3 Å². The van der Waals surface area contributed by atoms with Crippen LogP contribution < -0.4 is 5.73 Å². The zero-order chi connectivity index (χ0) is 16.5.